The number of aromatic nitrogens is 3. The molecule has 1 aromatic heterocycles. The first-order valence-electron chi connectivity index (χ1n) is 5.81. The quantitative estimate of drug-likeness (QED) is 0.760. The molecule has 7 heteroatoms. The summed E-state index contributed by atoms with van der Waals surface area (Å²) in [5.74, 6) is 2.24. The van der Waals surface area contributed by atoms with Gasteiger partial charge in [-0.1, -0.05) is 5.92 Å². The Labute approximate surface area is 113 Å². The maximum atomic E-state index is 12.9. The summed E-state index contributed by atoms with van der Waals surface area (Å²) in [5, 5.41) is 0. The van der Waals surface area contributed by atoms with E-state index in [-0.39, 0.29) is 18.9 Å². The molecule has 1 aliphatic heterocycles. The lowest BCUT2D eigenvalue weighted by Gasteiger charge is -2.15. The second-order valence-corrected chi connectivity index (χ2v) is 4.23. The third-order valence-corrected chi connectivity index (χ3v) is 3.02. The van der Waals surface area contributed by atoms with Crippen molar-refractivity contribution in [2.24, 2.45) is 0 Å². The standard InChI is InChI=1S/C13H9FN4O2/c1-2-7-17-12(19)15-11-8-16(13(20)18(11)17)10-5-3-9(14)4-6-10/h1,3-6H,7-8H2. The van der Waals surface area contributed by atoms with Crippen LogP contribution < -0.4 is 10.6 Å². The van der Waals surface area contributed by atoms with Crippen LogP contribution in [0.2, 0.25) is 0 Å². The van der Waals surface area contributed by atoms with Crippen LogP contribution in [0.15, 0.2) is 29.1 Å². The highest BCUT2D eigenvalue weighted by molar-refractivity contribution is 5.95. The van der Waals surface area contributed by atoms with Crippen LogP contribution >= 0.6 is 0 Å². The first-order valence-corrected chi connectivity index (χ1v) is 5.81. The van der Waals surface area contributed by atoms with Crippen LogP contribution in [0.3, 0.4) is 0 Å². The molecule has 0 atom stereocenters. The van der Waals surface area contributed by atoms with Crippen LogP contribution in [0.4, 0.5) is 14.9 Å². The molecular weight excluding hydrogens is 263 g/mol. The molecule has 2 aromatic rings. The zero-order valence-electron chi connectivity index (χ0n) is 10.3. The highest BCUT2D eigenvalue weighted by atomic mass is 19.1. The lowest BCUT2D eigenvalue weighted by molar-refractivity contribution is 0.245. The molecule has 3 rings (SSSR count). The lowest BCUT2D eigenvalue weighted by Crippen LogP contribution is -2.33. The van der Waals surface area contributed by atoms with Crippen molar-refractivity contribution in [2.45, 2.75) is 13.1 Å². The number of hydrogen-bond donors (Lipinski definition) is 0. The van der Waals surface area contributed by atoms with Gasteiger partial charge in [0, 0.05) is 5.69 Å². The highest BCUT2D eigenvalue weighted by Gasteiger charge is 2.32. The Morgan fingerprint density at radius 3 is 2.65 bits per heavy atom. The third-order valence-electron chi connectivity index (χ3n) is 3.02. The predicted molar refractivity (Wildman–Crippen MR) is 68.7 cm³/mol. The number of benzene rings is 1. The van der Waals surface area contributed by atoms with Gasteiger partial charge in [-0.15, -0.1) is 6.42 Å². The van der Waals surface area contributed by atoms with Crippen molar-refractivity contribution in [1.82, 2.24) is 14.3 Å². The van der Waals surface area contributed by atoms with Crippen LogP contribution in [0.1, 0.15) is 5.82 Å². The smallest absolute Gasteiger partial charge is 0.285 e. The molecule has 0 unspecified atom stereocenters. The summed E-state index contributed by atoms with van der Waals surface area (Å²) in [5.41, 5.74) is -0.0216. The number of halogens is 1. The second kappa shape index (κ2) is 4.35. The second-order valence-electron chi connectivity index (χ2n) is 4.23. The van der Waals surface area contributed by atoms with Gasteiger partial charge in [-0.05, 0) is 24.3 Å². The van der Waals surface area contributed by atoms with Crippen molar-refractivity contribution in [3.8, 4) is 12.3 Å². The van der Waals surface area contributed by atoms with E-state index in [1.807, 2.05) is 0 Å². The number of anilines is 1. The van der Waals surface area contributed by atoms with Gasteiger partial charge in [0.15, 0.2) is 5.82 Å². The number of carbonyl (C=O) groups excluding carboxylic acids is 1. The zero-order valence-corrected chi connectivity index (χ0v) is 10.3. The monoisotopic (exact) mass is 272 g/mol. The predicted octanol–water partition coefficient (Wildman–Crippen LogP) is 0.805. The molecule has 2 heterocycles. The van der Waals surface area contributed by atoms with Crippen LogP contribution in [0, 0.1) is 18.2 Å². The molecule has 0 fully saturated rings. The summed E-state index contributed by atoms with van der Waals surface area (Å²) in [6.07, 6.45) is 5.17. The summed E-state index contributed by atoms with van der Waals surface area (Å²) in [6, 6.07) is 5.07. The van der Waals surface area contributed by atoms with Gasteiger partial charge < -0.3 is 0 Å². The van der Waals surface area contributed by atoms with Crippen LogP contribution in [-0.4, -0.2) is 20.4 Å². The van der Waals surface area contributed by atoms with E-state index in [2.05, 4.69) is 10.9 Å². The lowest BCUT2D eigenvalue weighted by atomic mass is 10.3. The Hall–Kier alpha value is -2.88. The fourth-order valence-electron chi connectivity index (χ4n) is 2.13. The van der Waals surface area contributed by atoms with Gasteiger partial charge >= 0.3 is 11.7 Å². The van der Waals surface area contributed by atoms with E-state index in [0.29, 0.717) is 11.5 Å². The average molecular weight is 272 g/mol. The van der Waals surface area contributed by atoms with E-state index in [9.17, 15) is 14.0 Å². The van der Waals surface area contributed by atoms with Gasteiger partial charge in [-0.25, -0.2) is 18.7 Å². The molecule has 1 amide bonds. The first kappa shape index (κ1) is 12.2. The summed E-state index contributed by atoms with van der Waals surface area (Å²) in [7, 11) is 0. The summed E-state index contributed by atoms with van der Waals surface area (Å²) < 4.78 is 15.2. The first-order chi connectivity index (χ1) is 9.61. The number of hydrogen-bond acceptors (Lipinski definition) is 3. The zero-order chi connectivity index (χ0) is 14.3. The number of carbonyl (C=O) groups is 1. The third kappa shape index (κ3) is 1.70. The van der Waals surface area contributed by atoms with Gasteiger partial charge in [0.1, 0.15) is 12.4 Å². The number of terminal acetylenes is 1. The molecule has 100 valence electrons. The van der Waals surface area contributed by atoms with Crippen molar-refractivity contribution in [1.29, 1.82) is 0 Å². The molecule has 6 nitrogen and oxygen atoms in total. The summed E-state index contributed by atoms with van der Waals surface area (Å²) in [6.45, 7) is 0.117. The Morgan fingerprint density at radius 2 is 2.00 bits per heavy atom. The molecule has 0 aliphatic carbocycles. The Balaban J connectivity index is 2.02. The largest absolute Gasteiger partial charge is 0.365 e. The maximum absolute atomic E-state index is 12.9. The summed E-state index contributed by atoms with van der Waals surface area (Å²) >= 11 is 0. The molecule has 1 aliphatic rings. The molecule has 0 N–H and O–H groups in total. The van der Waals surface area contributed by atoms with E-state index < -0.39 is 11.7 Å². The van der Waals surface area contributed by atoms with E-state index >= 15 is 0 Å². The van der Waals surface area contributed by atoms with Gasteiger partial charge in [0.25, 0.3) is 0 Å². The summed E-state index contributed by atoms with van der Waals surface area (Å²) in [4.78, 5) is 29.1. The van der Waals surface area contributed by atoms with Gasteiger partial charge in [-0.3, -0.25) is 4.90 Å². The molecule has 20 heavy (non-hydrogen) atoms. The fraction of sp³-hybridized carbons (Fsp3) is 0.154. The molecule has 1 aromatic carbocycles. The molecule has 0 saturated heterocycles. The molecule has 0 bridgehead atoms. The van der Waals surface area contributed by atoms with Crippen molar-refractivity contribution < 1.29 is 9.18 Å². The van der Waals surface area contributed by atoms with E-state index in [1.54, 1.807) is 0 Å². The van der Waals surface area contributed by atoms with E-state index in [1.165, 1.54) is 29.2 Å². The Morgan fingerprint density at radius 1 is 1.30 bits per heavy atom. The Bertz CT molecular complexity index is 782. The number of fused-ring (bicyclic) bond motifs is 1. The van der Waals surface area contributed by atoms with Gasteiger partial charge in [0.05, 0.1) is 6.54 Å². The SMILES string of the molecule is C#CCn1c(=O)nc2n1C(=O)N(c1ccc(F)cc1)C2. The van der Waals surface area contributed by atoms with E-state index in [4.69, 9.17) is 6.42 Å². The minimum Gasteiger partial charge on any atom is -0.285 e. The topological polar surface area (TPSA) is 60.1 Å². The molecular formula is C13H9FN4O2. The van der Waals surface area contributed by atoms with Gasteiger partial charge in [0.2, 0.25) is 0 Å². The number of amides is 1. The van der Waals surface area contributed by atoms with Crippen molar-refractivity contribution in [2.75, 3.05) is 4.90 Å². The number of rotatable bonds is 2. The molecule has 0 spiro atoms. The minimum atomic E-state index is -0.551. The van der Waals surface area contributed by atoms with Crippen LogP contribution in [0.25, 0.3) is 0 Å². The van der Waals surface area contributed by atoms with Crippen LogP contribution in [-0.2, 0) is 13.1 Å². The van der Waals surface area contributed by atoms with Crippen LogP contribution in [0.5, 0.6) is 0 Å². The Kier molecular flexibility index (Phi) is 2.64. The van der Waals surface area contributed by atoms with Crippen molar-refractivity contribution in [3.05, 3.63) is 46.4 Å². The normalized spacial score (nSPS) is 13.4. The minimum absolute atomic E-state index is 0.0329. The fourth-order valence-corrected chi connectivity index (χ4v) is 2.13. The van der Waals surface area contributed by atoms with Gasteiger partial charge in [-0.2, -0.15) is 9.67 Å². The molecule has 0 radical (unpaired) electrons. The maximum Gasteiger partial charge on any atom is 0.365 e. The van der Waals surface area contributed by atoms with E-state index in [0.717, 1.165) is 9.36 Å². The van der Waals surface area contributed by atoms with Crippen molar-refractivity contribution >= 4 is 11.7 Å². The van der Waals surface area contributed by atoms with Crippen molar-refractivity contribution in [3.63, 3.8) is 0 Å². The number of nitrogens with zero attached hydrogens (tertiary/aromatic N) is 4. The average Bonchev–Trinajstić information content (AvgIpc) is 2.89. The highest BCUT2D eigenvalue weighted by Crippen LogP contribution is 2.22. The molecule has 0 saturated carbocycles.